The molecule has 0 aliphatic heterocycles. The lowest BCUT2D eigenvalue weighted by Crippen LogP contribution is -1.94. The van der Waals surface area contributed by atoms with Crippen LogP contribution in [0.5, 0.6) is 0 Å². The maximum atomic E-state index is 4.17. The second kappa shape index (κ2) is 4.98. The minimum absolute atomic E-state index is 0.865. The molecule has 2 heterocycles. The van der Waals surface area contributed by atoms with Crippen LogP contribution in [0.2, 0.25) is 0 Å². The third-order valence-electron chi connectivity index (χ3n) is 2.12. The summed E-state index contributed by atoms with van der Waals surface area (Å²) in [6.07, 6.45) is 3.51. The first-order chi connectivity index (χ1) is 7.79. The van der Waals surface area contributed by atoms with E-state index in [0.717, 1.165) is 16.7 Å². The minimum atomic E-state index is 0.865. The summed E-state index contributed by atoms with van der Waals surface area (Å²) in [6.45, 7) is 0. The van der Waals surface area contributed by atoms with Crippen molar-refractivity contribution in [3.8, 4) is 0 Å². The number of thioether (sulfide) groups is 1. The molecule has 0 fully saturated rings. The summed E-state index contributed by atoms with van der Waals surface area (Å²) in [5, 5.41) is 11.8. The number of pyridine rings is 1. The highest BCUT2D eigenvalue weighted by Crippen LogP contribution is 2.20. The summed E-state index contributed by atoms with van der Waals surface area (Å²) in [5.41, 5.74) is 1.22. The third kappa shape index (κ3) is 2.52. The van der Waals surface area contributed by atoms with Gasteiger partial charge in [-0.25, -0.2) is 4.98 Å². The zero-order valence-electron chi connectivity index (χ0n) is 9.21. The fourth-order valence-electron chi connectivity index (χ4n) is 1.25. The molecule has 1 N–H and O–H groups in total. The second-order valence-corrected chi connectivity index (χ2v) is 4.25. The maximum Gasteiger partial charge on any atom is 0.191 e. The maximum absolute atomic E-state index is 4.17. The zero-order chi connectivity index (χ0) is 11.4. The Bertz CT molecular complexity index is 468. The van der Waals surface area contributed by atoms with Crippen LogP contribution in [0.25, 0.3) is 0 Å². The summed E-state index contributed by atoms with van der Waals surface area (Å²) in [6, 6.07) is 4.04. The number of nitrogens with one attached hydrogen (secondary N) is 1. The SMILES string of the molecule is CNc1cc(CSc2nncn2C)ccn1. The summed E-state index contributed by atoms with van der Waals surface area (Å²) in [4.78, 5) is 4.17. The molecule has 0 radical (unpaired) electrons. The summed E-state index contributed by atoms with van der Waals surface area (Å²) in [5.74, 6) is 1.75. The number of rotatable bonds is 4. The predicted octanol–water partition coefficient (Wildman–Crippen LogP) is 1.54. The van der Waals surface area contributed by atoms with E-state index in [1.807, 2.05) is 30.8 Å². The number of nitrogens with zero attached hydrogens (tertiary/aromatic N) is 4. The van der Waals surface area contributed by atoms with Crippen LogP contribution >= 0.6 is 11.8 Å². The molecule has 0 aliphatic carbocycles. The van der Waals surface area contributed by atoms with Crippen molar-refractivity contribution < 1.29 is 0 Å². The van der Waals surface area contributed by atoms with Gasteiger partial charge in [0.15, 0.2) is 5.16 Å². The molecule has 0 aliphatic rings. The molecule has 2 rings (SSSR count). The Kier molecular flexibility index (Phi) is 3.40. The molecule has 0 unspecified atom stereocenters. The zero-order valence-corrected chi connectivity index (χ0v) is 10.0. The van der Waals surface area contributed by atoms with Crippen molar-refractivity contribution in [1.29, 1.82) is 0 Å². The molecule has 0 bridgehead atoms. The fourth-order valence-corrected chi connectivity index (χ4v) is 2.08. The van der Waals surface area contributed by atoms with Crippen molar-refractivity contribution in [1.82, 2.24) is 19.7 Å². The molecule has 0 saturated heterocycles. The van der Waals surface area contributed by atoms with Crippen molar-refractivity contribution in [3.05, 3.63) is 30.2 Å². The van der Waals surface area contributed by atoms with Crippen LogP contribution in [-0.2, 0) is 12.8 Å². The molecule has 0 saturated carbocycles. The van der Waals surface area contributed by atoms with E-state index in [2.05, 4.69) is 20.5 Å². The first kappa shape index (κ1) is 10.9. The molecule has 0 aromatic carbocycles. The predicted molar refractivity (Wildman–Crippen MR) is 64.3 cm³/mol. The summed E-state index contributed by atoms with van der Waals surface area (Å²) >= 11 is 1.66. The molecule has 84 valence electrons. The van der Waals surface area contributed by atoms with Crippen LogP contribution in [0, 0.1) is 0 Å². The van der Waals surface area contributed by atoms with Crippen LogP contribution in [0.15, 0.2) is 29.8 Å². The van der Waals surface area contributed by atoms with Gasteiger partial charge in [-0.2, -0.15) is 0 Å². The lowest BCUT2D eigenvalue weighted by Gasteiger charge is -2.03. The summed E-state index contributed by atoms with van der Waals surface area (Å²) < 4.78 is 1.91. The van der Waals surface area contributed by atoms with E-state index in [-0.39, 0.29) is 0 Å². The number of hydrogen-bond donors (Lipinski definition) is 1. The number of aryl methyl sites for hydroxylation is 1. The van der Waals surface area contributed by atoms with Gasteiger partial charge in [-0.1, -0.05) is 11.8 Å². The Hall–Kier alpha value is -1.56. The number of anilines is 1. The molecular weight excluding hydrogens is 222 g/mol. The molecule has 2 aromatic rings. The van der Waals surface area contributed by atoms with Gasteiger partial charge in [0.2, 0.25) is 0 Å². The third-order valence-corrected chi connectivity index (χ3v) is 3.22. The topological polar surface area (TPSA) is 55.6 Å². The van der Waals surface area contributed by atoms with E-state index < -0.39 is 0 Å². The van der Waals surface area contributed by atoms with Gasteiger partial charge in [0.25, 0.3) is 0 Å². The van der Waals surface area contributed by atoms with Gasteiger partial charge >= 0.3 is 0 Å². The van der Waals surface area contributed by atoms with Crippen molar-refractivity contribution in [3.63, 3.8) is 0 Å². The Balaban J connectivity index is 2.02. The molecule has 0 amide bonds. The first-order valence-corrected chi connectivity index (χ1v) is 5.87. The molecule has 0 spiro atoms. The Morgan fingerprint density at radius 3 is 3.06 bits per heavy atom. The average Bonchev–Trinajstić information content (AvgIpc) is 2.72. The van der Waals surface area contributed by atoms with E-state index in [0.29, 0.717) is 0 Å². The first-order valence-electron chi connectivity index (χ1n) is 4.89. The van der Waals surface area contributed by atoms with Gasteiger partial charge in [0, 0.05) is 26.0 Å². The molecule has 16 heavy (non-hydrogen) atoms. The van der Waals surface area contributed by atoms with E-state index in [1.54, 1.807) is 24.3 Å². The Morgan fingerprint density at radius 1 is 1.50 bits per heavy atom. The monoisotopic (exact) mass is 235 g/mol. The Labute approximate surface area is 98.3 Å². The van der Waals surface area contributed by atoms with Crippen LogP contribution in [0.3, 0.4) is 0 Å². The minimum Gasteiger partial charge on any atom is -0.373 e. The van der Waals surface area contributed by atoms with Gasteiger partial charge in [-0.3, -0.25) is 0 Å². The number of aromatic nitrogens is 4. The quantitative estimate of drug-likeness (QED) is 0.815. The fraction of sp³-hybridized carbons (Fsp3) is 0.300. The lowest BCUT2D eigenvalue weighted by atomic mass is 10.3. The lowest BCUT2D eigenvalue weighted by molar-refractivity contribution is 0.788. The van der Waals surface area contributed by atoms with Crippen LogP contribution < -0.4 is 5.32 Å². The van der Waals surface area contributed by atoms with Gasteiger partial charge in [0.05, 0.1) is 0 Å². The molecule has 2 aromatic heterocycles. The normalized spacial score (nSPS) is 10.4. The largest absolute Gasteiger partial charge is 0.373 e. The van der Waals surface area contributed by atoms with Crippen LogP contribution in [0.4, 0.5) is 5.82 Å². The Morgan fingerprint density at radius 2 is 2.38 bits per heavy atom. The van der Waals surface area contributed by atoms with E-state index >= 15 is 0 Å². The second-order valence-electron chi connectivity index (χ2n) is 3.31. The highest BCUT2D eigenvalue weighted by atomic mass is 32.2. The standard InChI is InChI=1S/C10H13N5S/c1-11-9-5-8(3-4-12-9)6-16-10-14-13-7-15(10)2/h3-5,7H,6H2,1-2H3,(H,11,12). The highest BCUT2D eigenvalue weighted by Gasteiger charge is 2.02. The van der Waals surface area contributed by atoms with Gasteiger partial charge in [-0.15, -0.1) is 10.2 Å². The van der Waals surface area contributed by atoms with Crippen LogP contribution in [-0.4, -0.2) is 26.8 Å². The smallest absolute Gasteiger partial charge is 0.191 e. The van der Waals surface area contributed by atoms with E-state index in [4.69, 9.17) is 0 Å². The molecular formula is C10H13N5S. The van der Waals surface area contributed by atoms with Crippen molar-refractivity contribution in [2.24, 2.45) is 7.05 Å². The van der Waals surface area contributed by atoms with Gasteiger partial charge < -0.3 is 9.88 Å². The number of hydrogen-bond acceptors (Lipinski definition) is 5. The van der Waals surface area contributed by atoms with Gasteiger partial charge in [0.1, 0.15) is 12.1 Å². The van der Waals surface area contributed by atoms with Gasteiger partial charge in [-0.05, 0) is 17.7 Å². The molecule has 0 atom stereocenters. The summed E-state index contributed by atoms with van der Waals surface area (Å²) in [7, 11) is 3.80. The van der Waals surface area contributed by atoms with Crippen molar-refractivity contribution >= 4 is 17.6 Å². The molecule has 6 heteroatoms. The average molecular weight is 235 g/mol. The molecule has 5 nitrogen and oxygen atoms in total. The van der Waals surface area contributed by atoms with E-state index in [1.165, 1.54) is 5.56 Å². The highest BCUT2D eigenvalue weighted by molar-refractivity contribution is 7.98. The van der Waals surface area contributed by atoms with E-state index in [9.17, 15) is 0 Å². The van der Waals surface area contributed by atoms with Crippen LogP contribution in [0.1, 0.15) is 5.56 Å². The van der Waals surface area contributed by atoms with Crippen molar-refractivity contribution in [2.75, 3.05) is 12.4 Å². The van der Waals surface area contributed by atoms with Crippen molar-refractivity contribution in [2.45, 2.75) is 10.9 Å².